The summed E-state index contributed by atoms with van der Waals surface area (Å²) in [6.07, 6.45) is 5.55. The minimum Gasteiger partial charge on any atom is -0.378 e. The van der Waals surface area contributed by atoms with E-state index in [1.54, 1.807) is 6.07 Å². The molecule has 0 radical (unpaired) electrons. The topological polar surface area (TPSA) is 35.2 Å². The number of benzene rings is 1. The van der Waals surface area contributed by atoms with Gasteiger partial charge in [-0.3, -0.25) is 0 Å². The van der Waals surface area contributed by atoms with Crippen LogP contribution in [0.15, 0.2) is 18.2 Å². The Kier molecular flexibility index (Phi) is 5.31. The molecule has 0 aliphatic carbocycles. The summed E-state index contributed by atoms with van der Waals surface area (Å²) in [5.74, 6) is 0. The summed E-state index contributed by atoms with van der Waals surface area (Å²) >= 11 is 12.0. The molecule has 1 aliphatic rings. The van der Waals surface area contributed by atoms with Crippen molar-refractivity contribution in [3.05, 3.63) is 33.8 Å². The van der Waals surface area contributed by atoms with Crippen LogP contribution in [0.5, 0.6) is 0 Å². The van der Waals surface area contributed by atoms with Gasteiger partial charge in [0.1, 0.15) is 0 Å². The standard InChI is InChI=1S/C14H19Cl2NO/c15-11-5-4-10(14(16)8-11)7-12(17)9-13-3-1-2-6-18-13/h4-5,8,12-13H,1-3,6-7,9,17H2. The van der Waals surface area contributed by atoms with Crippen LogP contribution < -0.4 is 5.73 Å². The molecule has 0 amide bonds. The maximum absolute atomic E-state index is 6.17. The maximum Gasteiger partial charge on any atom is 0.0590 e. The molecule has 0 aromatic heterocycles. The molecule has 0 saturated carbocycles. The minimum atomic E-state index is 0.0896. The molecule has 1 aliphatic heterocycles. The Morgan fingerprint density at radius 2 is 2.17 bits per heavy atom. The van der Waals surface area contributed by atoms with Gasteiger partial charge < -0.3 is 10.5 Å². The highest BCUT2D eigenvalue weighted by Gasteiger charge is 2.18. The van der Waals surface area contributed by atoms with Gasteiger partial charge >= 0.3 is 0 Å². The lowest BCUT2D eigenvalue weighted by Crippen LogP contribution is -2.31. The Morgan fingerprint density at radius 3 is 2.83 bits per heavy atom. The lowest BCUT2D eigenvalue weighted by Gasteiger charge is -2.25. The van der Waals surface area contributed by atoms with E-state index in [-0.39, 0.29) is 6.04 Å². The molecule has 4 heteroatoms. The van der Waals surface area contributed by atoms with Gasteiger partial charge in [-0.05, 0) is 49.8 Å². The van der Waals surface area contributed by atoms with Gasteiger partial charge in [0.05, 0.1) is 6.10 Å². The number of halogens is 2. The first-order valence-electron chi connectivity index (χ1n) is 6.46. The van der Waals surface area contributed by atoms with Crippen LogP contribution in [0.2, 0.25) is 10.0 Å². The summed E-state index contributed by atoms with van der Waals surface area (Å²) in [6.45, 7) is 0.874. The maximum atomic E-state index is 6.17. The summed E-state index contributed by atoms with van der Waals surface area (Å²) in [5, 5.41) is 1.36. The van der Waals surface area contributed by atoms with Crippen LogP contribution in [0.3, 0.4) is 0 Å². The quantitative estimate of drug-likeness (QED) is 0.914. The van der Waals surface area contributed by atoms with Crippen LogP contribution in [0.1, 0.15) is 31.2 Å². The molecule has 2 unspecified atom stereocenters. The first-order valence-corrected chi connectivity index (χ1v) is 7.22. The van der Waals surface area contributed by atoms with Crippen LogP contribution in [-0.4, -0.2) is 18.8 Å². The monoisotopic (exact) mass is 287 g/mol. The highest BCUT2D eigenvalue weighted by Crippen LogP contribution is 2.23. The molecule has 1 saturated heterocycles. The van der Waals surface area contributed by atoms with Crippen molar-refractivity contribution < 1.29 is 4.74 Å². The van der Waals surface area contributed by atoms with Crippen LogP contribution in [0.25, 0.3) is 0 Å². The second-order valence-corrected chi connectivity index (χ2v) is 5.77. The van der Waals surface area contributed by atoms with Crippen LogP contribution in [-0.2, 0) is 11.2 Å². The van der Waals surface area contributed by atoms with E-state index in [0.717, 1.165) is 31.4 Å². The highest BCUT2D eigenvalue weighted by molar-refractivity contribution is 6.35. The van der Waals surface area contributed by atoms with Crippen molar-refractivity contribution in [3.63, 3.8) is 0 Å². The summed E-state index contributed by atoms with van der Waals surface area (Å²) in [7, 11) is 0. The normalized spacial score (nSPS) is 21.8. The van der Waals surface area contributed by atoms with E-state index in [1.165, 1.54) is 12.8 Å². The van der Waals surface area contributed by atoms with Crippen molar-refractivity contribution in [1.29, 1.82) is 0 Å². The fourth-order valence-corrected chi connectivity index (χ4v) is 2.87. The third-order valence-electron chi connectivity index (χ3n) is 3.34. The van der Waals surface area contributed by atoms with E-state index in [4.69, 9.17) is 33.7 Å². The van der Waals surface area contributed by atoms with Crippen molar-refractivity contribution in [3.8, 4) is 0 Å². The number of rotatable bonds is 4. The van der Waals surface area contributed by atoms with E-state index in [0.29, 0.717) is 16.1 Å². The molecule has 100 valence electrons. The van der Waals surface area contributed by atoms with Gasteiger partial charge in [-0.2, -0.15) is 0 Å². The smallest absolute Gasteiger partial charge is 0.0590 e. The van der Waals surface area contributed by atoms with E-state index in [2.05, 4.69) is 0 Å². The van der Waals surface area contributed by atoms with Crippen LogP contribution in [0.4, 0.5) is 0 Å². The van der Waals surface area contributed by atoms with Gasteiger partial charge in [0, 0.05) is 22.7 Å². The van der Waals surface area contributed by atoms with Crippen molar-refractivity contribution in [2.75, 3.05) is 6.61 Å². The van der Waals surface area contributed by atoms with Gasteiger partial charge in [-0.25, -0.2) is 0 Å². The fraction of sp³-hybridized carbons (Fsp3) is 0.571. The Labute approximate surface area is 118 Å². The molecule has 2 N–H and O–H groups in total. The summed E-state index contributed by atoms with van der Waals surface area (Å²) in [4.78, 5) is 0. The van der Waals surface area contributed by atoms with E-state index >= 15 is 0 Å². The van der Waals surface area contributed by atoms with E-state index in [1.807, 2.05) is 12.1 Å². The highest BCUT2D eigenvalue weighted by atomic mass is 35.5. The number of hydrogen-bond acceptors (Lipinski definition) is 2. The van der Waals surface area contributed by atoms with Crippen molar-refractivity contribution in [1.82, 2.24) is 0 Å². The molecule has 2 nitrogen and oxygen atoms in total. The predicted octanol–water partition coefficient (Wildman–Crippen LogP) is 3.82. The predicted molar refractivity (Wildman–Crippen MR) is 76.3 cm³/mol. The van der Waals surface area contributed by atoms with Crippen molar-refractivity contribution in [2.24, 2.45) is 5.73 Å². The lowest BCUT2D eigenvalue weighted by molar-refractivity contribution is 0.00747. The van der Waals surface area contributed by atoms with Crippen molar-refractivity contribution in [2.45, 2.75) is 44.2 Å². The average molecular weight is 288 g/mol. The van der Waals surface area contributed by atoms with E-state index < -0.39 is 0 Å². The summed E-state index contributed by atoms with van der Waals surface area (Å²) in [5.41, 5.74) is 7.23. The van der Waals surface area contributed by atoms with Gasteiger partial charge in [0.2, 0.25) is 0 Å². The first kappa shape index (κ1) is 14.1. The molecule has 2 atom stereocenters. The van der Waals surface area contributed by atoms with Crippen molar-refractivity contribution >= 4 is 23.2 Å². The molecular weight excluding hydrogens is 269 g/mol. The molecule has 1 heterocycles. The Bertz CT molecular complexity index is 391. The van der Waals surface area contributed by atoms with Gasteiger partial charge in [-0.15, -0.1) is 0 Å². The second kappa shape index (κ2) is 6.76. The van der Waals surface area contributed by atoms with Gasteiger partial charge in [-0.1, -0.05) is 29.3 Å². The fourth-order valence-electron chi connectivity index (χ4n) is 2.38. The second-order valence-electron chi connectivity index (χ2n) is 4.92. The molecule has 0 spiro atoms. The summed E-state index contributed by atoms with van der Waals surface area (Å²) < 4.78 is 5.70. The number of nitrogens with two attached hydrogens (primary N) is 1. The molecule has 1 aromatic carbocycles. The third-order valence-corrected chi connectivity index (χ3v) is 3.92. The SMILES string of the molecule is NC(Cc1ccc(Cl)cc1Cl)CC1CCCCO1. The lowest BCUT2D eigenvalue weighted by atomic mass is 9.97. The first-order chi connectivity index (χ1) is 8.65. The average Bonchev–Trinajstić information content (AvgIpc) is 2.34. The third kappa shape index (κ3) is 4.13. The Hall–Kier alpha value is -0.280. The zero-order valence-electron chi connectivity index (χ0n) is 10.4. The number of ether oxygens (including phenoxy) is 1. The Balaban J connectivity index is 1.87. The zero-order chi connectivity index (χ0) is 13.0. The minimum absolute atomic E-state index is 0.0896. The molecule has 1 fully saturated rings. The van der Waals surface area contributed by atoms with Crippen LogP contribution in [0, 0.1) is 0 Å². The Morgan fingerprint density at radius 1 is 1.33 bits per heavy atom. The molecule has 1 aromatic rings. The molecule has 18 heavy (non-hydrogen) atoms. The zero-order valence-corrected chi connectivity index (χ0v) is 11.9. The van der Waals surface area contributed by atoms with E-state index in [9.17, 15) is 0 Å². The molecular formula is C14H19Cl2NO. The largest absolute Gasteiger partial charge is 0.378 e. The number of hydrogen-bond donors (Lipinski definition) is 1. The molecule has 0 bridgehead atoms. The van der Waals surface area contributed by atoms with Gasteiger partial charge in [0.15, 0.2) is 0 Å². The van der Waals surface area contributed by atoms with Crippen LogP contribution >= 0.6 is 23.2 Å². The summed E-state index contributed by atoms with van der Waals surface area (Å²) in [6, 6.07) is 5.66. The van der Waals surface area contributed by atoms with Gasteiger partial charge in [0.25, 0.3) is 0 Å². The molecule has 2 rings (SSSR count).